The SMILES string of the molecule is CCCCC1CCC(C(C)Cc2ccc(-c3cc(F)c(C#N)c(F)c3)cc2)CC1. The average molecular weight is 396 g/mol. The molecule has 29 heavy (non-hydrogen) atoms. The van der Waals surface area contributed by atoms with Gasteiger partial charge in [0.25, 0.3) is 0 Å². The van der Waals surface area contributed by atoms with Gasteiger partial charge in [-0.2, -0.15) is 5.26 Å². The Hall–Kier alpha value is -2.21. The maximum absolute atomic E-state index is 13.9. The van der Waals surface area contributed by atoms with Crippen LogP contribution < -0.4 is 0 Å². The lowest BCUT2D eigenvalue weighted by atomic mass is 9.73. The van der Waals surface area contributed by atoms with E-state index in [-0.39, 0.29) is 0 Å². The third-order valence-electron chi connectivity index (χ3n) is 6.66. The minimum Gasteiger partial charge on any atom is -0.205 e. The van der Waals surface area contributed by atoms with Crippen LogP contribution >= 0.6 is 0 Å². The molecule has 3 heteroatoms. The first-order valence-corrected chi connectivity index (χ1v) is 11.0. The zero-order valence-corrected chi connectivity index (χ0v) is 17.6. The minimum absolute atomic E-state index is 0.462. The van der Waals surface area contributed by atoms with Crippen molar-refractivity contribution in [2.24, 2.45) is 17.8 Å². The van der Waals surface area contributed by atoms with Crippen LogP contribution in [0, 0.1) is 40.7 Å². The lowest BCUT2D eigenvalue weighted by Crippen LogP contribution is -2.21. The lowest BCUT2D eigenvalue weighted by Gasteiger charge is -2.32. The molecule has 1 aliphatic carbocycles. The molecule has 1 saturated carbocycles. The van der Waals surface area contributed by atoms with E-state index in [1.807, 2.05) is 12.1 Å². The summed E-state index contributed by atoms with van der Waals surface area (Å²) in [6.07, 6.45) is 10.6. The molecular weight excluding hydrogens is 364 g/mol. The Morgan fingerprint density at radius 2 is 1.62 bits per heavy atom. The Kier molecular flexibility index (Phi) is 7.42. The molecule has 2 aromatic rings. The van der Waals surface area contributed by atoms with E-state index in [0.29, 0.717) is 11.5 Å². The van der Waals surface area contributed by atoms with E-state index in [9.17, 15) is 8.78 Å². The molecule has 0 N–H and O–H groups in total. The van der Waals surface area contributed by atoms with Gasteiger partial charge in [-0.15, -0.1) is 0 Å². The van der Waals surface area contributed by atoms with Crippen LogP contribution in [0.5, 0.6) is 0 Å². The molecule has 154 valence electrons. The van der Waals surface area contributed by atoms with Crippen molar-refractivity contribution in [2.75, 3.05) is 0 Å². The number of halogens is 2. The van der Waals surface area contributed by atoms with Crippen LogP contribution in [0.1, 0.15) is 69.9 Å². The fraction of sp³-hybridized carbons (Fsp3) is 0.500. The highest BCUT2D eigenvalue weighted by molar-refractivity contribution is 5.65. The van der Waals surface area contributed by atoms with Gasteiger partial charge >= 0.3 is 0 Å². The summed E-state index contributed by atoms with van der Waals surface area (Å²) >= 11 is 0. The van der Waals surface area contributed by atoms with E-state index in [1.54, 1.807) is 6.07 Å². The normalized spacial score (nSPS) is 20.2. The van der Waals surface area contributed by atoms with Gasteiger partial charge in [0.15, 0.2) is 0 Å². The molecule has 1 atom stereocenters. The standard InChI is InChI=1S/C26H31F2N/c1-3-4-5-19-6-10-21(11-7-19)18(2)14-20-8-12-22(13-9-20)23-15-25(27)24(17-29)26(28)16-23/h8-9,12-13,15-16,18-19,21H,3-7,10-11,14H2,1-2H3. The van der Waals surface area contributed by atoms with Crippen molar-refractivity contribution in [3.63, 3.8) is 0 Å². The number of rotatable bonds is 7. The maximum atomic E-state index is 13.9. The van der Waals surface area contributed by atoms with Crippen LogP contribution in [0.25, 0.3) is 11.1 Å². The third-order valence-corrected chi connectivity index (χ3v) is 6.66. The Morgan fingerprint density at radius 3 is 2.17 bits per heavy atom. The largest absolute Gasteiger partial charge is 0.205 e. The molecule has 0 aliphatic heterocycles. The molecule has 0 bridgehead atoms. The van der Waals surface area contributed by atoms with Crippen LogP contribution in [0.15, 0.2) is 36.4 Å². The summed E-state index contributed by atoms with van der Waals surface area (Å²) in [5.41, 5.74) is 1.97. The second-order valence-electron chi connectivity index (χ2n) is 8.73. The zero-order chi connectivity index (χ0) is 20.8. The molecule has 0 amide bonds. The fourth-order valence-corrected chi connectivity index (χ4v) is 4.76. The maximum Gasteiger partial charge on any atom is 0.144 e. The average Bonchev–Trinajstić information content (AvgIpc) is 2.73. The first-order valence-electron chi connectivity index (χ1n) is 11.0. The number of unbranched alkanes of at least 4 members (excludes halogenated alkanes) is 1. The van der Waals surface area contributed by atoms with Crippen LogP contribution in [0.2, 0.25) is 0 Å². The molecule has 0 aromatic heterocycles. The van der Waals surface area contributed by atoms with Crippen LogP contribution in [-0.2, 0) is 6.42 Å². The van der Waals surface area contributed by atoms with E-state index in [1.165, 1.54) is 62.6 Å². The first-order chi connectivity index (χ1) is 14.0. The number of hydrogen-bond donors (Lipinski definition) is 0. The van der Waals surface area contributed by atoms with Crippen molar-refractivity contribution >= 4 is 0 Å². The van der Waals surface area contributed by atoms with Crippen LogP contribution in [0.4, 0.5) is 8.78 Å². The Balaban J connectivity index is 1.59. The van der Waals surface area contributed by atoms with Crippen molar-refractivity contribution in [3.8, 4) is 17.2 Å². The molecule has 0 radical (unpaired) electrons. The first kappa shape index (κ1) is 21.5. The van der Waals surface area contributed by atoms with Gasteiger partial charge < -0.3 is 0 Å². The summed E-state index contributed by atoms with van der Waals surface area (Å²) in [5.74, 6) is 0.766. The minimum atomic E-state index is -0.810. The summed E-state index contributed by atoms with van der Waals surface area (Å²) in [5, 5.41) is 8.81. The molecule has 3 rings (SSSR count). The van der Waals surface area contributed by atoms with Crippen molar-refractivity contribution < 1.29 is 8.78 Å². The Bertz CT molecular complexity index is 819. The van der Waals surface area contributed by atoms with E-state index in [2.05, 4.69) is 26.0 Å². The van der Waals surface area contributed by atoms with Gasteiger partial charge in [-0.25, -0.2) is 8.78 Å². The van der Waals surface area contributed by atoms with Gasteiger partial charge in [0.2, 0.25) is 0 Å². The Morgan fingerprint density at radius 1 is 1.00 bits per heavy atom. The molecule has 1 nitrogen and oxygen atoms in total. The predicted octanol–water partition coefficient (Wildman–Crippen LogP) is 7.68. The fourth-order valence-electron chi connectivity index (χ4n) is 4.76. The summed E-state index contributed by atoms with van der Waals surface area (Å²) in [4.78, 5) is 0. The number of nitriles is 1. The highest BCUT2D eigenvalue weighted by Crippen LogP contribution is 2.37. The number of benzene rings is 2. The van der Waals surface area contributed by atoms with Crippen molar-refractivity contribution in [3.05, 3.63) is 59.2 Å². The van der Waals surface area contributed by atoms with Gasteiger partial charge in [0, 0.05) is 0 Å². The van der Waals surface area contributed by atoms with E-state index in [4.69, 9.17) is 5.26 Å². The zero-order valence-electron chi connectivity index (χ0n) is 17.6. The second-order valence-corrected chi connectivity index (χ2v) is 8.73. The second kappa shape index (κ2) is 10.0. The summed E-state index contributed by atoms with van der Waals surface area (Å²) in [6.45, 7) is 4.63. The van der Waals surface area contributed by atoms with Gasteiger partial charge in [-0.05, 0) is 65.8 Å². The molecular formula is C26H31F2N. The van der Waals surface area contributed by atoms with Crippen LogP contribution in [0.3, 0.4) is 0 Å². The van der Waals surface area contributed by atoms with Crippen molar-refractivity contribution in [2.45, 2.75) is 65.2 Å². The third kappa shape index (κ3) is 5.44. The highest BCUT2D eigenvalue weighted by atomic mass is 19.1. The van der Waals surface area contributed by atoms with Crippen molar-refractivity contribution in [1.82, 2.24) is 0 Å². The summed E-state index contributed by atoms with van der Waals surface area (Å²) in [6, 6.07) is 12.0. The number of nitrogens with zero attached hydrogens (tertiary/aromatic N) is 1. The van der Waals surface area contributed by atoms with Crippen molar-refractivity contribution in [1.29, 1.82) is 5.26 Å². The molecule has 1 aliphatic rings. The molecule has 1 unspecified atom stereocenters. The van der Waals surface area contributed by atoms with E-state index in [0.717, 1.165) is 23.8 Å². The van der Waals surface area contributed by atoms with Gasteiger partial charge in [-0.1, -0.05) is 70.2 Å². The molecule has 0 spiro atoms. The molecule has 2 aromatic carbocycles. The number of hydrogen-bond acceptors (Lipinski definition) is 1. The quantitative estimate of drug-likeness (QED) is 0.471. The van der Waals surface area contributed by atoms with E-state index < -0.39 is 17.2 Å². The summed E-state index contributed by atoms with van der Waals surface area (Å²) in [7, 11) is 0. The predicted molar refractivity (Wildman–Crippen MR) is 114 cm³/mol. The topological polar surface area (TPSA) is 23.8 Å². The van der Waals surface area contributed by atoms with E-state index >= 15 is 0 Å². The lowest BCUT2D eigenvalue weighted by molar-refractivity contribution is 0.205. The van der Waals surface area contributed by atoms with Gasteiger partial charge in [0.1, 0.15) is 23.3 Å². The molecule has 0 heterocycles. The summed E-state index contributed by atoms with van der Waals surface area (Å²) < 4.78 is 27.8. The Labute approximate surface area is 173 Å². The monoisotopic (exact) mass is 395 g/mol. The molecule has 0 saturated heterocycles. The van der Waals surface area contributed by atoms with Gasteiger partial charge in [-0.3, -0.25) is 0 Å². The van der Waals surface area contributed by atoms with Gasteiger partial charge in [0.05, 0.1) is 0 Å². The smallest absolute Gasteiger partial charge is 0.144 e. The molecule has 1 fully saturated rings. The highest BCUT2D eigenvalue weighted by Gasteiger charge is 2.25. The van der Waals surface area contributed by atoms with Crippen LogP contribution in [-0.4, -0.2) is 0 Å².